The zero-order chi connectivity index (χ0) is 21.8. The normalized spacial score (nSPS) is 16.5. The Morgan fingerprint density at radius 2 is 1.87 bits per heavy atom. The van der Waals surface area contributed by atoms with E-state index in [-0.39, 0.29) is 17.8 Å². The van der Waals surface area contributed by atoms with Crippen LogP contribution in [0.2, 0.25) is 0 Å². The lowest BCUT2D eigenvalue weighted by atomic mass is 10.0. The highest BCUT2D eigenvalue weighted by atomic mass is 19.1. The van der Waals surface area contributed by atoms with E-state index in [0.29, 0.717) is 43.0 Å². The third-order valence-electron chi connectivity index (χ3n) is 5.80. The molecule has 3 rings (SSSR count). The first-order chi connectivity index (χ1) is 14.4. The summed E-state index contributed by atoms with van der Waals surface area (Å²) >= 11 is 0. The Kier molecular flexibility index (Phi) is 6.59. The van der Waals surface area contributed by atoms with Crippen molar-refractivity contribution in [3.8, 4) is 0 Å². The van der Waals surface area contributed by atoms with Crippen molar-refractivity contribution in [2.24, 2.45) is 5.73 Å². The minimum Gasteiger partial charge on any atom is -0.374 e. The van der Waals surface area contributed by atoms with Gasteiger partial charge >= 0.3 is 0 Å². The number of hydrogen-bond donors (Lipinski definition) is 1. The molecule has 0 radical (unpaired) electrons. The fourth-order valence-electron chi connectivity index (χ4n) is 3.98. The first kappa shape index (κ1) is 21.6. The standard InChI is InChI=1S/C23H29FN4O2/c1-4-17-15-27(12-13-28(17)20-9-7-6-8-18(20)22(25)29)23(30)19-11-10-16(24)14-21(19)26(3)5-2/h6-11,14,17H,4-5,12-13,15H2,1-3H3,(H2,25,29)/t17-/m1/s1. The van der Waals surface area contributed by atoms with Crippen molar-refractivity contribution in [2.75, 3.05) is 43.0 Å². The maximum atomic E-state index is 13.8. The topological polar surface area (TPSA) is 69.9 Å². The fourth-order valence-corrected chi connectivity index (χ4v) is 3.98. The number of piperazine rings is 1. The summed E-state index contributed by atoms with van der Waals surface area (Å²) in [6, 6.07) is 11.7. The molecule has 160 valence electrons. The number of hydrogen-bond acceptors (Lipinski definition) is 4. The summed E-state index contributed by atoms with van der Waals surface area (Å²) in [6.07, 6.45) is 0.808. The van der Waals surface area contributed by atoms with Crippen LogP contribution in [0.25, 0.3) is 0 Å². The number of amides is 2. The Bertz CT molecular complexity index is 933. The molecule has 0 aromatic heterocycles. The van der Waals surface area contributed by atoms with Crippen molar-refractivity contribution in [2.45, 2.75) is 26.3 Å². The average Bonchev–Trinajstić information content (AvgIpc) is 2.77. The second-order valence-corrected chi connectivity index (χ2v) is 7.56. The van der Waals surface area contributed by atoms with Gasteiger partial charge in [0.15, 0.2) is 0 Å². The van der Waals surface area contributed by atoms with E-state index in [4.69, 9.17) is 5.73 Å². The van der Waals surface area contributed by atoms with Crippen LogP contribution in [-0.2, 0) is 0 Å². The molecule has 6 nitrogen and oxygen atoms in total. The van der Waals surface area contributed by atoms with Crippen LogP contribution in [-0.4, -0.2) is 56.0 Å². The Morgan fingerprint density at radius 3 is 2.53 bits per heavy atom. The molecule has 1 aliphatic heterocycles. The molecule has 2 N–H and O–H groups in total. The molecule has 2 aromatic carbocycles. The summed E-state index contributed by atoms with van der Waals surface area (Å²) in [7, 11) is 1.85. The van der Waals surface area contributed by atoms with Gasteiger partial charge in [-0.25, -0.2) is 4.39 Å². The molecule has 1 fully saturated rings. The number of para-hydroxylation sites is 1. The van der Waals surface area contributed by atoms with Gasteiger partial charge in [-0.15, -0.1) is 0 Å². The maximum absolute atomic E-state index is 13.8. The first-order valence-corrected chi connectivity index (χ1v) is 10.3. The van der Waals surface area contributed by atoms with Crippen molar-refractivity contribution >= 4 is 23.2 Å². The molecule has 1 heterocycles. The molecule has 0 spiro atoms. The molecule has 2 aromatic rings. The van der Waals surface area contributed by atoms with Crippen molar-refractivity contribution in [1.82, 2.24) is 4.90 Å². The summed E-state index contributed by atoms with van der Waals surface area (Å²) in [5.41, 5.74) is 7.95. The number of nitrogens with two attached hydrogens (primary N) is 1. The van der Waals surface area contributed by atoms with Crippen LogP contribution in [0, 0.1) is 5.82 Å². The van der Waals surface area contributed by atoms with Crippen molar-refractivity contribution in [3.63, 3.8) is 0 Å². The highest BCUT2D eigenvalue weighted by Crippen LogP contribution is 2.28. The smallest absolute Gasteiger partial charge is 0.256 e. The van der Waals surface area contributed by atoms with Crippen LogP contribution in [0.4, 0.5) is 15.8 Å². The number of rotatable bonds is 6. The minimum absolute atomic E-state index is 0.0519. The van der Waals surface area contributed by atoms with Gasteiger partial charge in [0, 0.05) is 45.0 Å². The maximum Gasteiger partial charge on any atom is 0.256 e. The quantitative estimate of drug-likeness (QED) is 0.792. The van der Waals surface area contributed by atoms with Gasteiger partial charge < -0.3 is 20.4 Å². The molecular weight excluding hydrogens is 383 g/mol. The Balaban J connectivity index is 1.86. The zero-order valence-corrected chi connectivity index (χ0v) is 17.8. The highest BCUT2D eigenvalue weighted by molar-refractivity contribution is 6.00. The summed E-state index contributed by atoms with van der Waals surface area (Å²) in [5.74, 6) is -0.926. The molecule has 0 saturated carbocycles. The molecule has 0 bridgehead atoms. The van der Waals surface area contributed by atoms with Crippen molar-refractivity contribution < 1.29 is 14.0 Å². The van der Waals surface area contributed by atoms with Crippen LogP contribution in [0.3, 0.4) is 0 Å². The van der Waals surface area contributed by atoms with E-state index in [1.165, 1.54) is 12.1 Å². The van der Waals surface area contributed by atoms with Crippen LogP contribution in [0.1, 0.15) is 41.0 Å². The third-order valence-corrected chi connectivity index (χ3v) is 5.80. The summed E-state index contributed by atoms with van der Waals surface area (Å²) in [4.78, 5) is 31.0. The van der Waals surface area contributed by atoms with Gasteiger partial charge in [0.1, 0.15) is 5.82 Å². The van der Waals surface area contributed by atoms with Crippen molar-refractivity contribution in [3.05, 3.63) is 59.4 Å². The molecule has 30 heavy (non-hydrogen) atoms. The zero-order valence-electron chi connectivity index (χ0n) is 17.8. The highest BCUT2D eigenvalue weighted by Gasteiger charge is 2.31. The van der Waals surface area contributed by atoms with E-state index in [1.807, 2.05) is 35.9 Å². The molecule has 2 amide bonds. The minimum atomic E-state index is -0.461. The summed E-state index contributed by atoms with van der Waals surface area (Å²) in [6.45, 7) is 6.31. The van der Waals surface area contributed by atoms with Crippen molar-refractivity contribution in [1.29, 1.82) is 0 Å². The number of carbonyl (C=O) groups excluding carboxylic acids is 2. The number of carbonyl (C=O) groups is 2. The molecule has 1 saturated heterocycles. The Morgan fingerprint density at radius 1 is 1.13 bits per heavy atom. The van der Waals surface area contributed by atoms with Crippen LogP contribution < -0.4 is 15.5 Å². The van der Waals surface area contributed by atoms with E-state index in [9.17, 15) is 14.0 Å². The lowest BCUT2D eigenvalue weighted by Gasteiger charge is -2.43. The Hall–Kier alpha value is -3.09. The van der Waals surface area contributed by atoms with E-state index in [0.717, 1.165) is 12.1 Å². The third kappa shape index (κ3) is 4.25. The first-order valence-electron chi connectivity index (χ1n) is 10.3. The molecular formula is C23H29FN4O2. The fraction of sp³-hybridized carbons (Fsp3) is 0.391. The van der Waals surface area contributed by atoms with Gasteiger partial charge in [-0.1, -0.05) is 19.1 Å². The van der Waals surface area contributed by atoms with E-state index in [1.54, 1.807) is 18.2 Å². The second kappa shape index (κ2) is 9.15. The van der Waals surface area contributed by atoms with Gasteiger partial charge in [0.05, 0.1) is 16.8 Å². The van der Waals surface area contributed by atoms with Gasteiger partial charge in [-0.2, -0.15) is 0 Å². The van der Waals surface area contributed by atoms with E-state index < -0.39 is 5.91 Å². The lowest BCUT2D eigenvalue weighted by molar-refractivity contribution is 0.0720. The van der Waals surface area contributed by atoms with Gasteiger partial charge in [-0.3, -0.25) is 9.59 Å². The second-order valence-electron chi connectivity index (χ2n) is 7.56. The van der Waals surface area contributed by atoms with Crippen LogP contribution >= 0.6 is 0 Å². The number of benzene rings is 2. The molecule has 1 atom stereocenters. The van der Waals surface area contributed by atoms with Gasteiger partial charge in [0.2, 0.25) is 0 Å². The lowest BCUT2D eigenvalue weighted by Crippen LogP contribution is -2.55. The average molecular weight is 413 g/mol. The number of nitrogens with zero attached hydrogens (tertiary/aromatic N) is 3. The SMILES string of the molecule is CC[C@@H]1CN(C(=O)c2ccc(F)cc2N(C)CC)CCN1c1ccccc1C(N)=O. The van der Waals surface area contributed by atoms with E-state index in [2.05, 4.69) is 11.8 Å². The van der Waals surface area contributed by atoms with Crippen LogP contribution in [0.15, 0.2) is 42.5 Å². The predicted octanol–water partition coefficient (Wildman–Crippen LogP) is 3.12. The summed E-state index contributed by atoms with van der Waals surface area (Å²) in [5, 5.41) is 0. The number of anilines is 2. The molecule has 0 aliphatic carbocycles. The number of primary amides is 1. The van der Waals surface area contributed by atoms with Gasteiger partial charge in [-0.05, 0) is 43.7 Å². The number of halogens is 1. The molecule has 7 heteroatoms. The summed E-state index contributed by atoms with van der Waals surface area (Å²) < 4.78 is 13.8. The molecule has 1 aliphatic rings. The Labute approximate surface area is 177 Å². The van der Waals surface area contributed by atoms with E-state index >= 15 is 0 Å². The molecule has 0 unspecified atom stereocenters. The largest absolute Gasteiger partial charge is 0.374 e. The monoisotopic (exact) mass is 412 g/mol. The van der Waals surface area contributed by atoms with Crippen LogP contribution in [0.5, 0.6) is 0 Å². The predicted molar refractivity (Wildman–Crippen MR) is 118 cm³/mol. The van der Waals surface area contributed by atoms with Gasteiger partial charge in [0.25, 0.3) is 11.8 Å².